The van der Waals surface area contributed by atoms with Crippen molar-refractivity contribution in [1.82, 2.24) is 0 Å². The molecule has 104 valence electrons. The Labute approximate surface area is 116 Å². The zero-order chi connectivity index (χ0) is 14.7. The highest BCUT2D eigenvalue weighted by molar-refractivity contribution is 5.52. The van der Waals surface area contributed by atoms with Gasteiger partial charge in [-0.2, -0.15) is 5.11 Å². The Kier molecular flexibility index (Phi) is 4.08. The lowest BCUT2D eigenvalue weighted by Crippen LogP contribution is -2.07. The second-order valence-electron chi connectivity index (χ2n) is 4.69. The lowest BCUT2D eigenvalue weighted by atomic mass is 10.2. The van der Waals surface area contributed by atoms with Crippen molar-refractivity contribution in [2.24, 2.45) is 10.2 Å². The molecule has 0 saturated carbocycles. The van der Waals surface area contributed by atoms with Crippen molar-refractivity contribution in [2.75, 3.05) is 19.0 Å². The number of azo groups is 1. The summed E-state index contributed by atoms with van der Waals surface area (Å²) in [6.07, 6.45) is 0. The SMILES string of the molecule is Cc1cc(F)c(/N=N/c2ccc(N(C)C)cc2)c(F)c1. The molecule has 0 heterocycles. The van der Waals surface area contributed by atoms with Crippen molar-refractivity contribution in [1.29, 1.82) is 0 Å². The molecule has 0 aliphatic heterocycles. The Hall–Kier alpha value is -2.30. The van der Waals surface area contributed by atoms with Crippen LogP contribution in [0.15, 0.2) is 46.6 Å². The largest absolute Gasteiger partial charge is 0.378 e. The number of aryl methyl sites for hydroxylation is 1. The Balaban J connectivity index is 2.25. The van der Waals surface area contributed by atoms with E-state index < -0.39 is 11.6 Å². The van der Waals surface area contributed by atoms with Gasteiger partial charge in [-0.15, -0.1) is 5.11 Å². The zero-order valence-corrected chi connectivity index (χ0v) is 11.6. The third-order valence-electron chi connectivity index (χ3n) is 2.79. The second-order valence-corrected chi connectivity index (χ2v) is 4.69. The summed E-state index contributed by atoms with van der Waals surface area (Å²) in [4.78, 5) is 1.94. The first-order valence-corrected chi connectivity index (χ1v) is 6.12. The second kappa shape index (κ2) is 5.77. The van der Waals surface area contributed by atoms with Gasteiger partial charge in [0.05, 0.1) is 5.69 Å². The van der Waals surface area contributed by atoms with E-state index in [0.29, 0.717) is 11.3 Å². The molecule has 20 heavy (non-hydrogen) atoms. The van der Waals surface area contributed by atoms with Crippen LogP contribution in [0.5, 0.6) is 0 Å². The average molecular weight is 275 g/mol. The van der Waals surface area contributed by atoms with Crippen LogP contribution in [0.4, 0.5) is 25.8 Å². The molecule has 2 aromatic carbocycles. The summed E-state index contributed by atoms with van der Waals surface area (Å²) in [5, 5.41) is 7.51. The van der Waals surface area contributed by atoms with Crippen LogP contribution in [0.1, 0.15) is 5.56 Å². The molecule has 0 saturated heterocycles. The van der Waals surface area contributed by atoms with Crippen molar-refractivity contribution in [2.45, 2.75) is 6.92 Å². The number of anilines is 1. The number of nitrogens with zero attached hydrogens (tertiary/aromatic N) is 3. The topological polar surface area (TPSA) is 28.0 Å². The molecule has 0 spiro atoms. The summed E-state index contributed by atoms with van der Waals surface area (Å²) in [7, 11) is 3.85. The first kappa shape index (κ1) is 14.1. The Morgan fingerprint density at radius 1 is 0.900 bits per heavy atom. The van der Waals surface area contributed by atoms with Gasteiger partial charge in [0.25, 0.3) is 0 Å². The van der Waals surface area contributed by atoms with Crippen LogP contribution in [0, 0.1) is 18.6 Å². The minimum atomic E-state index is -0.712. The minimum Gasteiger partial charge on any atom is -0.378 e. The van der Waals surface area contributed by atoms with Crippen LogP contribution in [-0.2, 0) is 0 Å². The first-order chi connectivity index (χ1) is 9.47. The molecular formula is C15H15F2N3. The normalized spacial score (nSPS) is 11.1. The summed E-state index contributed by atoms with van der Waals surface area (Å²) >= 11 is 0. The predicted octanol–water partition coefficient (Wildman–Crippen LogP) is 4.75. The lowest BCUT2D eigenvalue weighted by Gasteiger charge is -2.11. The van der Waals surface area contributed by atoms with Crippen molar-refractivity contribution in [3.63, 3.8) is 0 Å². The van der Waals surface area contributed by atoms with Gasteiger partial charge in [0.2, 0.25) is 0 Å². The number of halogens is 2. The van der Waals surface area contributed by atoms with E-state index in [1.165, 1.54) is 12.1 Å². The fourth-order valence-corrected chi connectivity index (χ4v) is 1.71. The maximum absolute atomic E-state index is 13.6. The molecule has 5 heteroatoms. The van der Waals surface area contributed by atoms with Gasteiger partial charge in [-0.1, -0.05) is 0 Å². The molecular weight excluding hydrogens is 260 g/mol. The van der Waals surface area contributed by atoms with Gasteiger partial charge in [0.15, 0.2) is 17.3 Å². The number of rotatable bonds is 3. The van der Waals surface area contributed by atoms with Crippen molar-refractivity contribution < 1.29 is 8.78 Å². The highest BCUT2D eigenvalue weighted by Gasteiger charge is 2.09. The highest BCUT2D eigenvalue weighted by atomic mass is 19.1. The number of hydrogen-bond donors (Lipinski definition) is 0. The molecule has 0 unspecified atom stereocenters. The molecule has 0 radical (unpaired) electrons. The summed E-state index contributed by atoms with van der Waals surface area (Å²) in [6.45, 7) is 1.62. The van der Waals surface area contributed by atoms with Crippen molar-refractivity contribution >= 4 is 17.1 Å². The summed E-state index contributed by atoms with van der Waals surface area (Å²) in [5.74, 6) is -1.42. The standard InChI is InChI=1S/C15H15F2N3/c1-10-8-13(16)15(14(17)9-10)19-18-11-4-6-12(7-5-11)20(2)3/h4-9H,1-3H3/b19-18+. The van der Waals surface area contributed by atoms with Gasteiger partial charge in [0, 0.05) is 19.8 Å². The lowest BCUT2D eigenvalue weighted by molar-refractivity contribution is 0.583. The van der Waals surface area contributed by atoms with Crippen LogP contribution in [0.25, 0.3) is 0 Å². The van der Waals surface area contributed by atoms with E-state index in [4.69, 9.17) is 0 Å². The van der Waals surface area contributed by atoms with Crippen LogP contribution in [-0.4, -0.2) is 14.1 Å². The summed E-state index contributed by atoms with van der Waals surface area (Å²) < 4.78 is 27.2. The minimum absolute atomic E-state index is 0.368. The van der Waals surface area contributed by atoms with E-state index in [1.54, 1.807) is 19.1 Å². The fraction of sp³-hybridized carbons (Fsp3) is 0.200. The van der Waals surface area contributed by atoms with E-state index in [1.807, 2.05) is 31.1 Å². The summed E-state index contributed by atoms with van der Waals surface area (Å²) in [5.41, 5.74) is 1.69. The molecule has 0 amide bonds. The third-order valence-corrected chi connectivity index (χ3v) is 2.79. The van der Waals surface area contributed by atoms with E-state index in [2.05, 4.69) is 10.2 Å². The Morgan fingerprint density at radius 3 is 1.95 bits per heavy atom. The smallest absolute Gasteiger partial charge is 0.157 e. The van der Waals surface area contributed by atoms with Gasteiger partial charge >= 0.3 is 0 Å². The Bertz CT molecular complexity index is 611. The van der Waals surface area contributed by atoms with Crippen LogP contribution < -0.4 is 4.90 Å². The molecule has 0 N–H and O–H groups in total. The fourth-order valence-electron chi connectivity index (χ4n) is 1.71. The van der Waals surface area contributed by atoms with Gasteiger partial charge in [-0.3, -0.25) is 0 Å². The zero-order valence-electron chi connectivity index (χ0n) is 11.6. The van der Waals surface area contributed by atoms with E-state index in [0.717, 1.165) is 5.69 Å². The highest BCUT2D eigenvalue weighted by Crippen LogP contribution is 2.26. The van der Waals surface area contributed by atoms with Crippen molar-refractivity contribution in [3.05, 3.63) is 53.6 Å². The van der Waals surface area contributed by atoms with Gasteiger partial charge in [-0.25, -0.2) is 8.78 Å². The van der Waals surface area contributed by atoms with Gasteiger partial charge < -0.3 is 4.90 Å². The molecule has 0 bridgehead atoms. The van der Waals surface area contributed by atoms with Crippen molar-refractivity contribution in [3.8, 4) is 0 Å². The van der Waals surface area contributed by atoms with Gasteiger partial charge in [0.1, 0.15) is 0 Å². The number of benzene rings is 2. The number of hydrogen-bond acceptors (Lipinski definition) is 3. The van der Waals surface area contributed by atoms with Crippen LogP contribution in [0.3, 0.4) is 0 Å². The predicted molar refractivity (Wildman–Crippen MR) is 76.0 cm³/mol. The summed E-state index contributed by atoms with van der Waals surface area (Å²) in [6, 6.07) is 9.65. The quantitative estimate of drug-likeness (QED) is 0.742. The van der Waals surface area contributed by atoms with Crippen LogP contribution in [0.2, 0.25) is 0 Å². The van der Waals surface area contributed by atoms with E-state index >= 15 is 0 Å². The molecule has 0 aromatic heterocycles. The molecule has 2 aromatic rings. The molecule has 0 aliphatic carbocycles. The molecule has 0 aliphatic rings. The van der Waals surface area contributed by atoms with E-state index in [9.17, 15) is 8.78 Å². The molecule has 2 rings (SSSR count). The van der Waals surface area contributed by atoms with Gasteiger partial charge in [-0.05, 0) is 48.9 Å². The first-order valence-electron chi connectivity index (χ1n) is 6.12. The molecule has 0 atom stereocenters. The molecule has 3 nitrogen and oxygen atoms in total. The average Bonchev–Trinajstić information content (AvgIpc) is 2.38. The Morgan fingerprint density at radius 2 is 1.45 bits per heavy atom. The van der Waals surface area contributed by atoms with Crippen LogP contribution >= 0.6 is 0 Å². The molecule has 0 fully saturated rings. The maximum atomic E-state index is 13.6. The maximum Gasteiger partial charge on any atom is 0.157 e. The monoisotopic (exact) mass is 275 g/mol. The third kappa shape index (κ3) is 3.17. The van der Waals surface area contributed by atoms with E-state index in [-0.39, 0.29) is 5.69 Å².